The molecule has 4 heteroatoms. The predicted octanol–water partition coefficient (Wildman–Crippen LogP) is 2.53. The molecule has 1 amide bonds. The molecule has 0 aromatic heterocycles. The van der Waals surface area contributed by atoms with Crippen LogP contribution in [0.3, 0.4) is 0 Å². The van der Waals surface area contributed by atoms with Gasteiger partial charge in [-0.25, -0.2) is 0 Å². The van der Waals surface area contributed by atoms with Crippen molar-refractivity contribution in [3.63, 3.8) is 0 Å². The average Bonchev–Trinajstić information content (AvgIpc) is 2.45. The Bertz CT molecular complexity index is 475. The van der Waals surface area contributed by atoms with Crippen LogP contribution in [0.15, 0.2) is 30.3 Å². The van der Waals surface area contributed by atoms with E-state index in [1.165, 1.54) is 6.42 Å². The van der Waals surface area contributed by atoms with Crippen LogP contribution in [-0.2, 0) is 11.2 Å². The van der Waals surface area contributed by atoms with Crippen molar-refractivity contribution >= 4 is 23.1 Å². The Balaban J connectivity index is 2.11. The summed E-state index contributed by atoms with van der Waals surface area (Å²) in [7, 11) is 0. The van der Waals surface area contributed by atoms with Crippen molar-refractivity contribution in [1.29, 1.82) is 0 Å². The molecule has 1 aliphatic heterocycles. The molecule has 2 rings (SSSR count). The van der Waals surface area contributed by atoms with Crippen LogP contribution in [0, 0.1) is 5.92 Å². The first-order chi connectivity index (χ1) is 9.59. The summed E-state index contributed by atoms with van der Waals surface area (Å²) in [5, 5.41) is 0. The van der Waals surface area contributed by atoms with Crippen molar-refractivity contribution < 1.29 is 4.79 Å². The second-order valence-corrected chi connectivity index (χ2v) is 5.99. The summed E-state index contributed by atoms with van der Waals surface area (Å²) in [6.07, 6.45) is 3.94. The molecular weight excluding hydrogens is 268 g/mol. The zero-order chi connectivity index (χ0) is 14.5. The lowest BCUT2D eigenvalue weighted by Crippen LogP contribution is -2.48. The van der Waals surface area contributed by atoms with Crippen molar-refractivity contribution in [3.05, 3.63) is 35.9 Å². The van der Waals surface area contributed by atoms with Gasteiger partial charge in [0, 0.05) is 12.6 Å². The van der Waals surface area contributed by atoms with Gasteiger partial charge in [0.15, 0.2) is 0 Å². The lowest BCUT2D eigenvalue weighted by atomic mass is 9.95. The van der Waals surface area contributed by atoms with Crippen LogP contribution in [0.5, 0.6) is 0 Å². The minimum Gasteiger partial charge on any atom is -0.393 e. The minimum atomic E-state index is -0.382. The fraction of sp³-hybridized carbons (Fsp3) is 0.500. The Kier molecular flexibility index (Phi) is 5.12. The summed E-state index contributed by atoms with van der Waals surface area (Å²) in [5.41, 5.74) is 6.92. The van der Waals surface area contributed by atoms with Crippen molar-refractivity contribution in [3.8, 4) is 0 Å². The Morgan fingerprint density at radius 1 is 1.40 bits per heavy atom. The summed E-state index contributed by atoms with van der Waals surface area (Å²) in [5.74, 6) is -0.290. The molecule has 20 heavy (non-hydrogen) atoms. The first-order valence-corrected chi connectivity index (χ1v) is 7.64. The normalized spacial score (nSPS) is 20.4. The van der Waals surface area contributed by atoms with Crippen LogP contribution in [0.25, 0.3) is 0 Å². The van der Waals surface area contributed by atoms with Gasteiger partial charge in [0.25, 0.3) is 0 Å². The molecule has 1 aromatic rings. The third-order valence-corrected chi connectivity index (χ3v) is 4.29. The van der Waals surface area contributed by atoms with E-state index in [-0.39, 0.29) is 11.8 Å². The lowest BCUT2D eigenvalue weighted by Gasteiger charge is -2.35. The largest absolute Gasteiger partial charge is 0.393 e. The van der Waals surface area contributed by atoms with E-state index >= 15 is 0 Å². The van der Waals surface area contributed by atoms with Gasteiger partial charge >= 0.3 is 0 Å². The van der Waals surface area contributed by atoms with Crippen LogP contribution in [0.4, 0.5) is 0 Å². The SMILES string of the molecule is CC1CCCCN1C(=O)C(Cc1ccccc1)C(N)=S. The number of thiocarbonyl (C=S) groups is 1. The lowest BCUT2D eigenvalue weighted by molar-refractivity contribution is -0.136. The Hall–Kier alpha value is -1.42. The van der Waals surface area contributed by atoms with Gasteiger partial charge in [0.05, 0.1) is 10.9 Å². The summed E-state index contributed by atoms with van der Waals surface area (Å²) >= 11 is 5.13. The molecule has 0 bridgehead atoms. The van der Waals surface area contributed by atoms with Gasteiger partial charge in [-0.1, -0.05) is 42.5 Å². The highest BCUT2D eigenvalue weighted by Gasteiger charge is 2.30. The second kappa shape index (κ2) is 6.84. The molecule has 3 nitrogen and oxygen atoms in total. The van der Waals surface area contributed by atoms with Crippen LogP contribution in [0.1, 0.15) is 31.7 Å². The van der Waals surface area contributed by atoms with E-state index in [0.29, 0.717) is 17.5 Å². The smallest absolute Gasteiger partial charge is 0.233 e. The molecule has 1 saturated heterocycles. The molecule has 2 atom stereocenters. The maximum Gasteiger partial charge on any atom is 0.233 e. The van der Waals surface area contributed by atoms with E-state index in [1.807, 2.05) is 35.2 Å². The third kappa shape index (κ3) is 3.57. The van der Waals surface area contributed by atoms with E-state index in [0.717, 1.165) is 24.9 Å². The fourth-order valence-electron chi connectivity index (χ4n) is 2.79. The topological polar surface area (TPSA) is 46.3 Å². The first-order valence-electron chi connectivity index (χ1n) is 7.23. The molecule has 1 aliphatic rings. The molecule has 0 radical (unpaired) electrons. The van der Waals surface area contributed by atoms with E-state index in [4.69, 9.17) is 18.0 Å². The number of carbonyl (C=O) groups excluding carboxylic acids is 1. The van der Waals surface area contributed by atoms with Gasteiger partial charge in [-0.05, 0) is 38.2 Å². The van der Waals surface area contributed by atoms with Crippen molar-refractivity contribution in [2.24, 2.45) is 11.7 Å². The average molecular weight is 290 g/mol. The Labute approximate surface area is 126 Å². The van der Waals surface area contributed by atoms with Crippen LogP contribution in [-0.4, -0.2) is 28.4 Å². The predicted molar refractivity (Wildman–Crippen MR) is 85.4 cm³/mol. The maximum atomic E-state index is 12.7. The van der Waals surface area contributed by atoms with Gasteiger partial charge in [-0.15, -0.1) is 0 Å². The molecule has 1 aromatic carbocycles. The van der Waals surface area contributed by atoms with E-state index in [1.54, 1.807) is 0 Å². The molecule has 0 saturated carbocycles. The zero-order valence-electron chi connectivity index (χ0n) is 11.9. The number of nitrogens with zero attached hydrogens (tertiary/aromatic N) is 1. The fourth-order valence-corrected chi connectivity index (χ4v) is 2.97. The summed E-state index contributed by atoms with van der Waals surface area (Å²) < 4.78 is 0. The number of hydrogen-bond acceptors (Lipinski definition) is 2. The summed E-state index contributed by atoms with van der Waals surface area (Å²) in [6.45, 7) is 2.93. The number of carbonyl (C=O) groups is 1. The van der Waals surface area contributed by atoms with Gasteiger partial charge < -0.3 is 10.6 Å². The highest BCUT2D eigenvalue weighted by atomic mass is 32.1. The Morgan fingerprint density at radius 2 is 2.10 bits per heavy atom. The minimum absolute atomic E-state index is 0.0913. The monoisotopic (exact) mass is 290 g/mol. The van der Waals surface area contributed by atoms with Crippen molar-refractivity contribution in [2.45, 2.75) is 38.6 Å². The van der Waals surface area contributed by atoms with E-state index < -0.39 is 0 Å². The highest BCUT2D eigenvalue weighted by Crippen LogP contribution is 2.21. The maximum absolute atomic E-state index is 12.7. The molecule has 0 spiro atoms. The van der Waals surface area contributed by atoms with Gasteiger partial charge in [-0.2, -0.15) is 0 Å². The number of benzene rings is 1. The summed E-state index contributed by atoms with van der Waals surface area (Å²) in [4.78, 5) is 15.0. The van der Waals surface area contributed by atoms with Gasteiger partial charge in [-0.3, -0.25) is 4.79 Å². The van der Waals surface area contributed by atoms with Crippen molar-refractivity contribution in [1.82, 2.24) is 4.90 Å². The summed E-state index contributed by atoms with van der Waals surface area (Å²) in [6, 6.07) is 10.2. The molecule has 0 aliphatic carbocycles. The number of likely N-dealkylation sites (tertiary alicyclic amines) is 1. The van der Waals surface area contributed by atoms with Gasteiger partial charge in [0.2, 0.25) is 5.91 Å². The number of amides is 1. The van der Waals surface area contributed by atoms with Gasteiger partial charge in [0.1, 0.15) is 0 Å². The van der Waals surface area contributed by atoms with E-state index in [9.17, 15) is 4.79 Å². The van der Waals surface area contributed by atoms with Crippen molar-refractivity contribution in [2.75, 3.05) is 6.54 Å². The molecule has 2 N–H and O–H groups in total. The van der Waals surface area contributed by atoms with Crippen LogP contribution >= 0.6 is 12.2 Å². The van der Waals surface area contributed by atoms with Crippen LogP contribution in [0.2, 0.25) is 0 Å². The first kappa shape index (κ1) is 15.0. The molecule has 2 unspecified atom stereocenters. The quantitative estimate of drug-likeness (QED) is 0.867. The third-order valence-electron chi connectivity index (χ3n) is 4.01. The molecule has 1 fully saturated rings. The standard InChI is InChI=1S/C16H22N2OS/c1-12-7-5-6-10-18(12)16(19)14(15(17)20)11-13-8-3-2-4-9-13/h2-4,8-9,12,14H,5-7,10-11H2,1H3,(H2,17,20). The highest BCUT2D eigenvalue weighted by molar-refractivity contribution is 7.80. The Morgan fingerprint density at radius 3 is 2.70 bits per heavy atom. The number of piperidine rings is 1. The number of nitrogens with two attached hydrogens (primary N) is 1. The van der Waals surface area contributed by atoms with E-state index in [2.05, 4.69) is 6.92 Å². The second-order valence-electron chi connectivity index (χ2n) is 5.52. The molecular formula is C16H22N2OS. The molecule has 1 heterocycles. The number of rotatable bonds is 4. The zero-order valence-corrected chi connectivity index (χ0v) is 12.7. The molecule has 108 valence electrons. The number of hydrogen-bond donors (Lipinski definition) is 1. The van der Waals surface area contributed by atoms with Crippen LogP contribution < -0.4 is 5.73 Å².